The largest absolute Gasteiger partial charge is 0.465 e. The van der Waals surface area contributed by atoms with Gasteiger partial charge in [-0.25, -0.2) is 0 Å². The van der Waals surface area contributed by atoms with Gasteiger partial charge in [-0.05, 0) is 39.5 Å². The van der Waals surface area contributed by atoms with Crippen LogP contribution in [0.15, 0.2) is 0 Å². The summed E-state index contributed by atoms with van der Waals surface area (Å²) in [5.74, 6) is -0.146. The van der Waals surface area contributed by atoms with Gasteiger partial charge >= 0.3 is 5.97 Å². The van der Waals surface area contributed by atoms with Crippen LogP contribution in [0.1, 0.15) is 58.8 Å². The van der Waals surface area contributed by atoms with Crippen LogP contribution in [0.3, 0.4) is 0 Å². The summed E-state index contributed by atoms with van der Waals surface area (Å²) in [7, 11) is 0. The number of carbonyl (C=O) groups excluding carboxylic acids is 1. The summed E-state index contributed by atoms with van der Waals surface area (Å²) in [5, 5.41) is 3.50. The Labute approximate surface area is 116 Å². The third-order valence-corrected chi connectivity index (χ3v) is 4.20. The first-order valence-corrected chi connectivity index (χ1v) is 7.79. The second kappa shape index (κ2) is 7.25. The first-order valence-electron chi connectivity index (χ1n) is 7.79. The summed E-state index contributed by atoms with van der Waals surface area (Å²) in [4.78, 5) is 12.1. The molecule has 1 N–H and O–H groups in total. The summed E-state index contributed by atoms with van der Waals surface area (Å²) in [6.45, 7) is 4.36. The molecule has 1 aliphatic carbocycles. The molecule has 3 atom stereocenters. The maximum atomic E-state index is 12.1. The van der Waals surface area contributed by atoms with E-state index >= 15 is 0 Å². The highest BCUT2D eigenvalue weighted by atomic mass is 16.5. The lowest BCUT2D eigenvalue weighted by atomic mass is 9.94. The molecule has 0 amide bonds. The molecule has 0 radical (unpaired) electrons. The molecule has 0 aromatic carbocycles. The second-order valence-corrected chi connectivity index (χ2v) is 5.79. The van der Waals surface area contributed by atoms with Crippen molar-refractivity contribution in [2.24, 2.45) is 0 Å². The van der Waals surface area contributed by atoms with Crippen molar-refractivity contribution in [1.29, 1.82) is 0 Å². The lowest BCUT2D eigenvalue weighted by molar-refractivity contribution is -0.150. The Kier molecular flexibility index (Phi) is 5.64. The van der Waals surface area contributed by atoms with Crippen molar-refractivity contribution in [3.05, 3.63) is 0 Å². The molecule has 2 aliphatic rings. The smallest absolute Gasteiger partial charge is 0.325 e. The first kappa shape index (κ1) is 14.8. The molecule has 1 heterocycles. The lowest BCUT2D eigenvalue weighted by Gasteiger charge is -2.30. The van der Waals surface area contributed by atoms with Crippen LogP contribution < -0.4 is 5.32 Å². The van der Waals surface area contributed by atoms with E-state index in [9.17, 15) is 4.79 Å². The van der Waals surface area contributed by atoms with Crippen molar-refractivity contribution in [1.82, 2.24) is 5.32 Å². The van der Waals surface area contributed by atoms with Crippen molar-refractivity contribution < 1.29 is 14.3 Å². The molecule has 2 fully saturated rings. The zero-order chi connectivity index (χ0) is 13.7. The average molecular weight is 269 g/mol. The summed E-state index contributed by atoms with van der Waals surface area (Å²) in [6, 6.07) is 0.163. The molecule has 0 bridgehead atoms. The fourth-order valence-electron chi connectivity index (χ4n) is 3.16. The highest BCUT2D eigenvalue weighted by Gasteiger charge is 2.36. The Morgan fingerprint density at radius 3 is 2.58 bits per heavy atom. The zero-order valence-corrected chi connectivity index (χ0v) is 12.2. The Balaban J connectivity index is 1.94. The van der Waals surface area contributed by atoms with E-state index in [-0.39, 0.29) is 24.2 Å². The maximum absolute atomic E-state index is 12.1. The molecule has 1 aliphatic heterocycles. The normalized spacial score (nSPS) is 30.2. The van der Waals surface area contributed by atoms with E-state index < -0.39 is 0 Å². The standard InChI is InChI=1S/C15H27NO3/c1-3-18-15(17)14(13-10-9-11(2)19-13)16-12-7-5-4-6-8-12/h11-14,16H,3-10H2,1-2H3. The number of nitrogens with one attached hydrogen (secondary N) is 1. The molecule has 0 aromatic rings. The Bertz CT molecular complexity index is 289. The van der Waals surface area contributed by atoms with Gasteiger partial charge in [0.2, 0.25) is 0 Å². The number of carbonyl (C=O) groups is 1. The van der Waals surface area contributed by atoms with E-state index in [1.165, 1.54) is 19.3 Å². The van der Waals surface area contributed by atoms with Crippen molar-refractivity contribution in [3.63, 3.8) is 0 Å². The molecule has 0 aromatic heterocycles. The average Bonchev–Trinajstić information content (AvgIpc) is 2.84. The minimum Gasteiger partial charge on any atom is -0.465 e. The lowest BCUT2D eigenvalue weighted by Crippen LogP contribution is -2.51. The van der Waals surface area contributed by atoms with Gasteiger partial charge in [-0.3, -0.25) is 10.1 Å². The van der Waals surface area contributed by atoms with Gasteiger partial charge in [-0.1, -0.05) is 19.3 Å². The van der Waals surface area contributed by atoms with Gasteiger partial charge in [0, 0.05) is 6.04 Å². The predicted octanol–water partition coefficient (Wildman–Crippen LogP) is 2.41. The first-order chi connectivity index (χ1) is 9.20. The van der Waals surface area contributed by atoms with Crippen molar-refractivity contribution >= 4 is 5.97 Å². The van der Waals surface area contributed by atoms with Crippen molar-refractivity contribution in [2.75, 3.05) is 6.61 Å². The van der Waals surface area contributed by atoms with Crippen LogP contribution >= 0.6 is 0 Å². The van der Waals surface area contributed by atoms with Gasteiger partial charge in [0.05, 0.1) is 18.8 Å². The zero-order valence-electron chi connectivity index (χ0n) is 12.2. The Morgan fingerprint density at radius 1 is 1.26 bits per heavy atom. The second-order valence-electron chi connectivity index (χ2n) is 5.79. The molecule has 4 nitrogen and oxygen atoms in total. The fourth-order valence-corrected chi connectivity index (χ4v) is 3.16. The number of esters is 1. The van der Waals surface area contributed by atoms with Crippen LogP contribution in [0, 0.1) is 0 Å². The van der Waals surface area contributed by atoms with E-state index in [1.54, 1.807) is 0 Å². The number of rotatable bonds is 5. The monoisotopic (exact) mass is 269 g/mol. The van der Waals surface area contributed by atoms with Crippen LogP contribution in [0.4, 0.5) is 0 Å². The highest BCUT2D eigenvalue weighted by molar-refractivity contribution is 5.76. The van der Waals surface area contributed by atoms with Crippen LogP contribution in [-0.4, -0.2) is 36.9 Å². The SMILES string of the molecule is CCOC(=O)C(NC1CCCCC1)C1CCC(C)O1. The Hall–Kier alpha value is -0.610. The molecule has 1 saturated carbocycles. The van der Waals surface area contributed by atoms with Crippen LogP contribution in [0.25, 0.3) is 0 Å². The molecule has 110 valence electrons. The molecule has 0 spiro atoms. The summed E-state index contributed by atoms with van der Waals surface area (Å²) in [5.41, 5.74) is 0. The predicted molar refractivity (Wildman–Crippen MR) is 74.0 cm³/mol. The van der Waals surface area contributed by atoms with E-state index in [1.807, 2.05) is 6.92 Å². The van der Waals surface area contributed by atoms with E-state index in [0.717, 1.165) is 25.7 Å². The number of hydrogen-bond donors (Lipinski definition) is 1. The molecular formula is C15H27NO3. The van der Waals surface area contributed by atoms with Crippen LogP contribution in [-0.2, 0) is 14.3 Å². The highest BCUT2D eigenvalue weighted by Crippen LogP contribution is 2.25. The van der Waals surface area contributed by atoms with Crippen LogP contribution in [0.5, 0.6) is 0 Å². The minimum absolute atomic E-state index is 0.0176. The molecule has 2 rings (SSSR count). The van der Waals surface area contributed by atoms with Gasteiger partial charge in [-0.15, -0.1) is 0 Å². The van der Waals surface area contributed by atoms with Gasteiger partial charge in [0.25, 0.3) is 0 Å². The van der Waals surface area contributed by atoms with E-state index in [4.69, 9.17) is 9.47 Å². The quantitative estimate of drug-likeness (QED) is 0.779. The van der Waals surface area contributed by atoms with Gasteiger partial charge in [0.15, 0.2) is 0 Å². The van der Waals surface area contributed by atoms with Crippen LogP contribution in [0.2, 0.25) is 0 Å². The third kappa shape index (κ3) is 4.18. The summed E-state index contributed by atoms with van der Waals surface area (Å²) < 4.78 is 11.1. The minimum atomic E-state index is -0.284. The van der Waals surface area contributed by atoms with Crippen molar-refractivity contribution in [2.45, 2.75) is 83.1 Å². The number of ether oxygens (including phenoxy) is 2. The molecule has 4 heteroatoms. The Morgan fingerprint density at radius 2 is 2.00 bits per heavy atom. The van der Waals surface area contributed by atoms with Crippen molar-refractivity contribution in [3.8, 4) is 0 Å². The van der Waals surface area contributed by atoms with E-state index in [0.29, 0.717) is 12.6 Å². The fraction of sp³-hybridized carbons (Fsp3) is 0.933. The molecule has 1 saturated heterocycles. The maximum Gasteiger partial charge on any atom is 0.325 e. The number of hydrogen-bond acceptors (Lipinski definition) is 4. The topological polar surface area (TPSA) is 47.6 Å². The molecule has 3 unspecified atom stereocenters. The third-order valence-electron chi connectivity index (χ3n) is 4.20. The van der Waals surface area contributed by atoms with E-state index in [2.05, 4.69) is 12.2 Å². The molecular weight excluding hydrogens is 242 g/mol. The molecule has 19 heavy (non-hydrogen) atoms. The van der Waals surface area contributed by atoms with Gasteiger partial charge < -0.3 is 9.47 Å². The summed E-state index contributed by atoms with van der Waals surface area (Å²) >= 11 is 0. The van der Waals surface area contributed by atoms with Gasteiger partial charge in [-0.2, -0.15) is 0 Å². The summed E-state index contributed by atoms with van der Waals surface area (Å²) in [6.07, 6.45) is 8.39. The van der Waals surface area contributed by atoms with Gasteiger partial charge in [0.1, 0.15) is 6.04 Å².